The quantitative estimate of drug-likeness (QED) is 0.464. The maximum absolute atomic E-state index is 10.0. The second-order valence-electron chi connectivity index (χ2n) is 7.12. The molecule has 0 amide bonds. The van der Waals surface area contributed by atoms with Crippen molar-refractivity contribution in [1.29, 1.82) is 0 Å². The molecule has 25 heavy (non-hydrogen) atoms. The summed E-state index contributed by atoms with van der Waals surface area (Å²) in [6, 6.07) is 0. The van der Waals surface area contributed by atoms with Crippen LogP contribution in [0, 0.1) is 23.0 Å². The molecule has 0 aromatic rings. The van der Waals surface area contributed by atoms with Crippen molar-refractivity contribution in [3.05, 3.63) is 48.6 Å². The van der Waals surface area contributed by atoms with Crippen LogP contribution in [0.25, 0.3) is 0 Å². The van der Waals surface area contributed by atoms with Crippen LogP contribution in [0.4, 0.5) is 0 Å². The van der Waals surface area contributed by atoms with Gasteiger partial charge < -0.3 is 10.2 Å². The van der Waals surface area contributed by atoms with Gasteiger partial charge in [-0.05, 0) is 41.5 Å². The van der Waals surface area contributed by atoms with Gasteiger partial charge in [0.15, 0.2) is 0 Å². The molecule has 0 heterocycles. The van der Waals surface area contributed by atoms with E-state index < -0.39 is 22.8 Å². The molecule has 0 aromatic carbocycles. The molecule has 0 unspecified atom stereocenters. The summed E-state index contributed by atoms with van der Waals surface area (Å²) in [5.74, 6) is -1.51. The number of allylic oxidation sites excluding steroid dienone is 8. The zero-order valence-corrected chi connectivity index (χ0v) is 17.7. The van der Waals surface area contributed by atoms with Crippen LogP contribution in [-0.4, -0.2) is 22.2 Å². The molecule has 138 valence electrons. The average molecular weight is 382 g/mol. The Kier molecular flexibility index (Phi) is 17.0. The first-order valence-electron chi connectivity index (χ1n) is 7.79. The van der Waals surface area contributed by atoms with Crippen LogP contribution in [0.1, 0.15) is 54.4 Å². The number of carboxylic acid groups (broad SMARTS) is 2. The fourth-order valence-electron chi connectivity index (χ4n) is 0.680. The van der Waals surface area contributed by atoms with Gasteiger partial charge in [-0.25, -0.2) is 24.3 Å². The van der Waals surface area contributed by atoms with Crippen molar-refractivity contribution in [2.75, 3.05) is 0 Å². The minimum atomic E-state index is -0.757. The number of hydrogen-bond acceptors (Lipinski definition) is 2. The van der Waals surface area contributed by atoms with Crippen molar-refractivity contribution in [2.45, 2.75) is 54.4 Å². The molecule has 0 saturated heterocycles. The molecule has 5 heteroatoms. The minimum Gasteiger partial charge on any atom is -0.481 e. The Balaban J connectivity index is -0.000000257. The van der Waals surface area contributed by atoms with Gasteiger partial charge in [0.25, 0.3) is 0 Å². The van der Waals surface area contributed by atoms with Gasteiger partial charge in [-0.1, -0.05) is 0 Å². The van der Waals surface area contributed by atoms with E-state index in [9.17, 15) is 9.59 Å². The molecule has 4 nitrogen and oxygen atoms in total. The zero-order chi connectivity index (χ0) is 19.2. The Morgan fingerprint density at radius 3 is 1.04 bits per heavy atom. The maximum atomic E-state index is 10.0. The molecule has 0 spiro atoms. The third-order valence-corrected chi connectivity index (χ3v) is 2.45. The van der Waals surface area contributed by atoms with Gasteiger partial charge in [0.2, 0.25) is 0 Å². The first-order valence-corrected chi connectivity index (χ1v) is 7.79. The third-order valence-electron chi connectivity index (χ3n) is 2.45. The van der Waals surface area contributed by atoms with E-state index in [1.165, 1.54) is 0 Å². The minimum absolute atomic E-state index is 0. The third kappa shape index (κ3) is 22.6. The summed E-state index contributed by atoms with van der Waals surface area (Å²) >= 11 is 0. The Morgan fingerprint density at radius 2 is 1.00 bits per heavy atom. The molecule has 2 rings (SSSR count). The summed E-state index contributed by atoms with van der Waals surface area (Å²) in [5, 5.41) is 16.5. The first kappa shape index (κ1) is 28.4. The van der Waals surface area contributed by atoms with E-state index in [1.807, 2.05) is 24.3 Å². The van der Waals surface area contributed by atoms with E-state index >= 15 is 0 Å². The smallest absolute Gasteiger partial charge is 0.481 e. The van der Waals surface area contributed by atoms with Gasteiger partial charge in [-0.15, -0.1) is 12.8 Å². The molecule has 0 fully saturated rings. The topological polar surface area (TPSA) is 74.6 Å². The van der Waals surface area contributed by atoms with Crippen LogP contribution < -0.4 is 0 Å². The monoisotopic (exact) mass is 382 g/mol. The average Bonchev–Trinajstić information content (AvgIpc) is 3.16. The normalized spacial score (nSPS) is 13.4. The van der Waals surface area contributed by atoms with Crippen molar-refractivity contribution in [1.82, 2.24) is 0 Å². The summed E-state index contributed by atoms with van der Waals surface area (Å²) in [6.07, 6.45) is 20.0. The number of rotatable bonds is 0. The summed E-state index contributed by atoms with van der Waals surface area (Å²) in [7, 11) is 0. The van der Waals surface area contributed by atoms with Gasteiger partial charge in [0.1, 0.15) is 0 Å². The summed E-state index contributed by atoms with van der Waals surface area (Å²) in [5.41, 5.74) is -1.17. The van der Waals surface area contributed by atoms with Crippen LogP contribution in [0.15, 0.2) is 36.5 Å². The van der Waals surface area contributed by atoms with Crippen molar-refractivity contribution in [3.63, 3.8) is 0 Å². The van der Waals surface area contributed by atoms with Crippen molar-refractivity contribution in [2.24, 2.45) is 10.8 Å². The SMILES string of the molecule is CC(C)(C)C(=O)O.CC(C)(C)C(=O)O.[C-]1=CC=CC1.[C-]1=CC=CC1.[Ti+2]. The second-order valence-corrected chi connectivity index (χ2v) is 7.12. The fraction of sp³-hybridized carbons (Fsp3) is 0.500. The van der Waals surface area contributed by atoms with E-state index in [0.717, 1.165) is 12.8 Å². The first-order chi connectivity index (χ1) is 10.9. The zero-order valence-electron chi connectivity index (χ0n) is 16.1. The van der Waals surface area contributed by atoms with Crippen LogP contribution >= 0.6 is 0 Å². The van der Waals surface area contributed by atoms with Gasteiger partial charge in [0.05, 0.1) is 10.8 Å². The van der Waals surface area contributed by atoms with Crippen LogP contribution in [0.3, 0.4) is 0 Å². The Bertz CT molecular complexity index is 421. The summed E-state index contributed by atoms with van der Waals surface area (Å²) in [6.45, 7) is 9.97. The van der Waals surface area contributed by atoms with Crippen LogP contribution in [0.2, 0.25) is 0 Å². The number of carboxylic acids is 2. The molecule has 2 aliphatic carbocycles. The summed E-state index contributed by atoms with van der Waals surface area (Å²) < 4.78 is 0. The van der Waals surface area contributed by atoms with Gasteiger partial charge >= 0.3 is 33.7 Å². The predicted molar refractivity (Wildman–Crippen MR) is 97.3 cm³/mol. The van der Waals surface area contributed by atoms with E-state index in [2.05, 4.69) is 24.3 Å². The Morgan fingerprint density at radius 1 is 0.760 bits per heavy atom. The van der Waals surface area contributed by atoms with Crippen LogP contribution in [0.5, 0.6) is 0 Å². The molecule has 2 N–H and O–H groups in total. The molecule has 2 aliphatic rings. The second kappa shape index (κ2) is 14.9. The molecular weight excluding hydrogens is 352 g/mol. The van der Waals surface area contributed by atoms with E-state index in [1.54, 1.807) is 41.5 Å². The van der Waals surface area contributed by atoms with Gasteiger partial charge in [-0.2, -0.15) is 12.2 Å². The Labute approximate surface area is 167 Å². The molecule has 0 aliphatic heterocycles. The molecule has 0 atom stereocenters. The predicted octanol–water partition coefficient (Wildman–Crippen LogP) is 4.84. The van der Waals surface area contributed by atoms with Gasteiger partial charge in [0, 0.05) is 0 Å². The van der Waals surface area contributed by atoms with Crippen LogP contribution in [-0.2, 0) is 31.3 Å². The van der Waals surface area contributed by atoms with Gasteiger partial charge in [-0.3, -0.25) is 21.7 Å². The number of carbonyl (C=O) groups is 2. The molecule has 0 radical (unpaired) electrons. The van der Waals surface area contributed by atoms with Crippen molar-refractivity contribution < 1.29 is 41.5 Å². The largest absolute Gasteiger partial charge is 2.00 e. The molecule has 0 saturated carbocycles. The molecule has 0 bridgehead atoms. The summed E-state index contributed by atoms with van der Waals surface area (Å²) in [4.78, 5) is 20.0. The number of aliphatic carboxylic acids is 2. The Hall–Kier alpha value is -1.39. The maximum Gasteiger partial charge on any atom is 2.00 e. The van der Waals surface area contributed by atoms with Crippen molar-refractivity contribution in [3.8, 4) is 0 Å². The van der Waals surface area contributed by atoms with E-state index in [0.29, 0.717) is 0 Å². The van der Waals surface area contributed by atoms with E-state index in [-0.39, 0.29) is 21.7 Å². The standard InChI is InChI=1S/2C5H10O2.2C5H5.Ti/c2*1-5(2,3)4(6)7;2*1-2-4-5-3-1;/h2*1-3H3,(H,6,7);2*1-3H,4H2;/q;;2*-1;+2. The molecular formula is C20H30O4Ti. The number of hydrogen-bond donors (Lipinski definition) is 2. The van der Waals surface area contributed by atoms with E-state index in [4.69, 9.17) is 10.2 Å². The molecule has 0 aromatic heterocycles. The fourth-order valence-corrected chi connectivity index (χ4v) is 0.680. The van der Waals surface area contributed by atoms with Crippen molar-refractivity contribution >= 4 is 11.9 Å².